The summed E-state index contributed by atoms with van der Waals surface area (Å²) in [7, 11) is 0. The van der Waals surface area contributed by atoms with Crippen LogP contribution < -0.4 is 0 Å². The fourth-order valence-electron chi connectivity index (χ4n) is 2.48. The van der Waals surface area contributed by atoms with Gasteiger partial charge >= 0.3 is 0 Å². The molecule has 0 N–H and O–H groups in total. The number of benzene rings is 2. The van der Waals surface area contributed by atoms with Crippen molar-refractivity contribution in [1.82, 2.24) is 9.55 Å². The van der Waals surface area contributed by atoms with E-state index in [0.29, 0.717) is 5.69 Å². The number of nitrogens with zero attached hydrogens (tertiary/aromatic N) is 4. The summed E-state index contributed by atoms with van der Waals surface area (Å²) in [6.45, 7) is 0. The summed E-state index contributed by atoms with van der Waals surface area (Å²) >= 11 is 1.63. The van der Waals surface area contributed by atoms with Crippen molar-refractivity contribution in [2.45, 2.75) is 5.16 Å². The highest BCUT2D eigenvalue weighted by Crippen LogP contribution is 2.30. The lowest BCUT2D eigenvalue weighted by atomic mass is 10.2. The number of hydrogen-bond donors (Lipinski definition) is 0. The summed E-state index contributed by atoms with van der Waals surface area (Å²) in [5.74, 6) is 1.60. The maximum Gasteiger partial charge on any atom is 0.269 e. The second kappa shape index (κ2) is 5.93. The molecule has 6 nitrogen and oxygen atoms in total. The van der Waals surface area contributed by atoms with E-state index in [2.05, 4.69) is 9.98 Å². The lowest BCUT2D eigenvalue weighted by Crippen LogP contribution is -2.06. The summed E-state index contributed by atoms with van der Waals surface area (Å²) in [4.78, 5) is 19.5. The van der Waals surface area contributed by atoms with Crippen LogP contribution >= 0.6 is 11.8 Å². The van der Waals surface area contributed by atoms with Crippen molar-refractivity contribution < 1.29 is 4.92 Å². The number of fused-ring (bicyclic) bond motifs is 1. The van der Waals surface area contributed by atoms with Gasteiger partial charge in [0.2, 0.25) is 0 Å². The van der Waals surface area contributed by atoms with Crippen LogP contribution in [0.3, 0.4) is 0 Å². The molecule has 0 atom stereocenters. The maximum atomic E-state index is 10.7. The van der Waals surface area contributed by atoms with Crippen molar-refractivity contribution in [3.8, 4) is 11.3 Å². The van der Waals surface area contributed by atoms with Gasteiger partial charge in [0, 0.05) is 23.9 Å². The van der Waals surface area contributed by atoms with Gasteiger partial charge in [0.15, 0.2) is 5.16 Å². The van der Waals surface area contributed by atoms with E-state index in [1.807, 2.05) is 41.1 Å². The van der Waals surface area contributed by atoms with Crippen molar-refractivity contribution >= 4 is 29.0 Å². The zero-order valence-corrected chi connectivity index (χ0v) is 13.3. The Morgan fingerprint density at radius 3 is 2.58 bits per heavy atom. The van der Waals surface area contributed by atoms with Gasteiger partial charge in [-0.1, -0.05) is 42.1 Å². The van der Waals surface area contributed by atoms with Gasteiger partial charge in [0.25, 0.3) is 5.69 Å². The number of thioether (sulfide) groups is 1. The highest BCUT2D eigenvalue weighted by Gasteiger charge is 2.21. The largest absolute Gasteiger partial charge is 0.281 e. The molecule has 2 heterocycles. The van der Waals surface area contributed by atoms with Crippen molar-refractivity contribution in [1.29, 1.82) is 0 Å². The first-order valence-electron chi connectivity index (χ1n) is 7.31. The summed E-state index contributed by atoms with van der Waals surface area (Å²) < 4.78 is 1.98. The molecule has 0 spiro atoms. The lowest BCUT2D eigenvalue weighted by molar-refractivity contribution is -0.384. The van der Waals surface area contributed by atoms with Crippen LogP contribution in [0.25, 0.3) is 11.3 Å². The molecule has 0 aliphatic carbocycles. The third kappa shape index (κ3) is 2.69. The molecule has 0 saturated heterocycles. The molecule has 3 aromatic rings. The second-order valence-corrected chi connectivity index (χ2v) is 6.18. The fourth-order valence-corrected chi connectivity index (χ4v) is 3.40. The number of non-ortho nitro benzene ring substituents is 1. The van der Waals surface area contributed by atoms with E-state index >= 15 is 0 Å². The lowest BCUT2D eigenvalue weighted by Gasteiger charge is -2.00. The van der Waals surface area contributed by atoms with Gasteiger partial charge in [-0.15, -0.1) is 0 Å². The number of aliphatic imine (C=N–C) groups is 1. The highest BCUT2D eigenvalue weighted by atomic mass is 32.2. The SMILES string of the molecule is O=[N+]([O-])c1ccc(N=C2CSc3nc(-c4ccccc4)cn32)cc1. The van der Waals surface area contributed by atoms with Gasteiger partial charge in [-0.2, -0.15) is 0 Å². The Morgan fingerprint density at radius 1 is 1.12 bits per heavy atom. The Kier molecular flexibility index (Phi) is 3.62. The average Bonchev–Trinajstić information content (AvgIpc) is 3.18. The standard InChI is InChI=1S/C17H12N4O2S/c22-21(23)14-8-6-13(7-9-14)18-16-11-24-17-19-15(10-20(16)17)12-4-2-1-3-5-12/h1-10H,11H2. The average molecular weight is 336 g/mol. The van der Waals surface area contributed by atoms with Crippen LogP contribution in [0.1, 0.15) is 0 Å². The number of nitro groups is 1. The molecule has 2 aromatic carbocycles. The fraction of sp³-hybridized carbons (Fsp3) is 0.0588. The summed E-state index contributed by atoms with van der Waals surface area (Å²) in [5.41, 5.74) is 2.73. The van der Waals surface area contributed by atoms with Crippen molar-refractivity contribution in [2.24, 2.45) is 4.99 Å². The van der Waals surface area contributed by atoms with Crippen molar-refractivity contribution in [2.75, 3.05) is 5.75 Å². The van der Waals surface area contributed by atoms with Gasteiger partial charge < -0.3 is 0 Å². The van der Waals surface area contributed by atoms with Crippen LogP contribution in [0.2, 0.25) is 0 Å². The highest BCUT2D eigenvalue weighted by molar-refractivity contribution is 8.00. The van der Waals surface area contributed by atoms with Crippen molar-refractivity contribution in [3.63, 3.8) is 0 Å². The van der Waals surface area contributed by atoms with E-state index in [4.69, 9.17) is 0 Å². The quantitative estimate of drug-likeness (QED) is 0.532. The molecular weight excluding hydrogens is 324 g/mol. The van der Waals surface area contributed by atoms with Crippen LogP contribution in [0, 0.1) is 10.1 Å². The molecule has 24 heavy (non-hydrogen) atoms. The topological polar surface area (TPSA) is 73.3 Å². The van der Waals surface area contributed by atoms with Crippen LogP contribution in [0.5, 0.6) is 0 Å². The normalized spacial score (nSPS) is 14.8. The monoisotopic (exact) mass is 336 g/mol. The smallest absolute Gasteiger partial charge is 0.269 e. The zero-order valence-electron chi connectivity index (χ0n) is 12.5. The van der Waals surface area contributed by atoms with Crippen LogP contribution in [0.15, 0.2) is 70.9 Å². The van der Waals surface area contributed by atoms with Gasteiger partial charge in [0.1, 0.15) is 5.84 Å². The molecule has 0 radical (unpaired) electrons. The molecule has 1 aromatic heterocycles. The molecule has 1 aliphatic heterocycles. The zero-order chi connectivity index (χ0) is 16.5. The molecule has 0 bridgehead atoms. The van der Waals surface area contributed by atoms with E-state index < -0.39 is 4.92 Å². The van der Waals surface area contributed by atoms with E-state index in [1.165, 1.54) is 12.1 Å². The number of hydrogen-bond acceptors (Lipinski definition) is 5. The Morgan fingerprint density at radius 2 is 1.88 bits per heavy atom. The molecule has 7 heteroatoms. The van der Waals surface area contributed by atoms with E-state index in [0.717, 1.165) is 28.0 Å². The molecule has 0 amide bonds. The van der Waals surface area contributed by atoms with Crippen molar-refractivity contribution in [3.05, 3.63) is 70.9 Å². The molecule has 4 rings (SSSR count). The Labute approximate surface area is 142 Å². The Bertz CT molecular complexity index is 933. The number of aromatic nitrogens is 2. The van der Waals surface area contributed by atoms with Gasteiger partial charge in [-0.3, -0.25) is 14.7 Å². The molecular formula is C17H12N4O2S. The van der Waals surface area contributed by atoms with E-state index in [1.54, 1.807) is 23.9 Å². The van der Waals surface area contributed by atoms with E-state index in [-0.39, 0.29) is 5.69 Å². The predicted molar refractivity (Wildman–Crippen MR) is 94.0 cm³/mol. The molecule has 118 valence electrons. The summed E-state index contributed by atoms with van der Waals surface area (Å²) in [6, 6.07) is 16.2. The number of nitro benzene ring substituents is 1. The van der Waals surface area contributed by atoms with Gasteiger partial charge in [0.05, 0.1) is 22.1 Å². The first-order chi connectivity index (χ1) is 11.7. The third-order valence-electron chi connectivity index (χ3n) is 3.67. The summed E-state index contributed by atoms with van der Waals surface area (Å²) in [5, 5.41) is 11.6. The Balaban J connectivity index is 1.66. The first-order valence-corrected chi connectivity index (χ1v) is 8.29. The Hall–Kier alpha value is -2.93. The van der Waals surface area contributed by atoms with Crippen LogP contribution in [-0.4, -0.2) is 26.1 Å². The van der Waals surface area contributed by atoms with Crippen LogP contribution in [0.4, 0.5) is 11.4 Å². The number of rotatable bonds is 3. The van der Waals surface area contributed by atoms with E-state index in [9.17, 15) is 10.1 Å². The number of imidazole rings is 1. The predicted octanol–water partition coefficient (Wildman–Crippen LogP) is 4.14. The van der Waals surface area contributed by atoms with Gasteiger partial charge in [-0.25, -0.2) is 9.98 Å². The molecule has 0 saturated carbocycles. The maximum absolute atomic E-state index is 10.7. The van der Waals surface area contributed by atoms with Crippen LogP contribution in [-0.2, 0) is 0 Å². The third-order valence-corrected chi connectivity index (χ3v) is 4.62. The summed E-state index contributed by atoms with van der Waals surface area (Å²) in [6.07, 6.45) is 1.98. The molecule has 1 aliphatic rings. The minimum Gasteiger partial charge on any atom is -0.281 e. The van der Waals surface area contributed by atoms with Gasteiger partial charge in [-0.05, 0) is 12.1 Å². The molecule has 0 fully saturated rings. The second-order valence-electron chi connectivity index (χ2n) is 5.23. The minimum atomic E-state index is -0.414. The first kappa shape index (κ1) is 14.6. The minimum absolute atomic E-state index is 0.0643. The molecule has 0 unspecified atom stereocenters.